The molecule has 0 saturated carbocycles. The molecular weight excluding hydrogens is 1110 g/mol. The summed E-state index contributed by atoms with van der Waals surface area (Å²) in [7, 11) is 1.18. The highest BCUT2D eigenvalue weighted by Gasteiger charge is 2.22. The molecule has 516 valence electrons. The Hall–Kier alpha value is -2.29. The number of carbonyl (C=O) groups excluding carboxylic acids is 2. The first-order valence-electron chi connectivity index (χ1n) is 38.0. The fourth-order valence-corrected chi connectivity index (χ4v) is 11.9. The van der Waals surface area contributed by atoms with E-state index < -0.39 is 26.5 Å². The minimum atomic E-state index is -4.64. The number of quaternary nitrogens is 1. The fraction of sp³-hybridized carbons (Fsp3) is 0.846. The van der Waals surface area contributed by atoms with E-state index in [0.717, 1.165) is 51.4 Å². The monoisotopic (exact) mass is 1260 g/mol. The van der Waals surface area contributed by atoms with Crippen LogP contribution in [0.4, 0.5) is 0 Å². The van der Waals surface area contributed by atoms with Gasteiger partial charge in [-0.25, -0.2) is 0 Å². The molecule has 0 spiro atoms. The molecule has 2 atom stereocenters. The molecule has 0 aromatic rings. The van der Waals surface area contributed by atoms with Crippen molar-refractivity contribution in [1.82, 2.24) is 0 Å². The van der Waals surface area contributed by atoms with Gasteiger partial charge in [0.1, 0.15) is 19.8 Å². The molecule has 0 bridgehead atoms. The van der Waals surface area contributed by atoms with Crippen molar-refractivity contribution < 1.29 is 42.1 Å². The van der Waals surface area contributed by atoms with E-state index in [2.05, 4.69) is 74.6 Å². The third-order valence-electron chi connectivity index (χ3n) is 17.0. The summed E-state index contributed by atoms with van der Waals surface area (Å²) in [4.78, 5) is 38.1. The highest BCUT2D eigenvalue weighted by Crippen LogP contribution is 2.38. The number of unbranched alkanes of at least 4 members (excludes halogenated alkanes) is 47. The summed E-state index contributed by atoms with van der Waals surface area (Å²) in [6.45, 7) is 4.28. The zero-order valence-corrected chi connectivity index (χ0v) is 59.8. The molecule has 0 heterocycles. The molecule has 0 fully saturated rings. The second-order valence-electron chi connectivity index (χ2n) is 27.0. The number of carbonyl (C=O) groups is 2. The first-order chi connectivity index (χ1) is 43.0. The van der Waals surface area contributed by atoms with Gasteiger partial charge in [0.25, 0.3) is 7.82 Å². The molecule has 0 aliphatic heterocycles. The molecule has 0 amide bonds. The molecule has 2 unspecified atom stereocenters. The van der Waals surface area contributed by atoms with Crippen molar-refractivity contribution in [2.75, 3.05) is 47.5 Å². The van der Waals surface area contributed by atoms with E-state index in [0.29, 0.717) is 17.4 Å². The van der Waals surface area contributed by atoms with Crippen LogP contribution < -0.4 is 4.89 Å². The van der Waals surface area contributed by atoms with Gasteiger partial charge in [-0.3, -0.25) is 14.2 Å². The second kappa shape index (κ2) is 69.1. The number of ether oxygens (including phenoxy) is 2. The molecule has 88 heavy (non-hydrogen) atoms. The third-order valence-corrected chi connectivity index (χ3v) is 18.0. The number of esters is 2. The molecule has 0 N–H and O–H groups in total. The lowest BCUT2D eigenvalue weighted by Gasteiger charge is -2.28. The third kappa shape index (κ3) is 72.8. The number of nitrogens with zero attached hydrogens (tertiary/aromatic N) is 1. The number of phosphoric ester groups is 1. The van der Waals surface area contributed by atoms with Crippen LogP contribution in [0, 0.1) is 0 Å². The molecule has 0 radical (unpaired) electrons. The van der Waals surface area contributed by atoms with Crippen LogP contribution in [0.1, 0.15) is 373 Å². The molecule has 0 aliphatic rings. The molecular formula is C78H146NO8P. The van der Waals surface area contributed by atoms with E-state index in [9.17, 15) is 19.0 Å². The molecule has 0 aromatic carbocycles. The Morgan fingerprint density at radius 2 is 0.614 bits per heavy atom. The minimum Gasteiger partial charge on any atom is -0.756 e. The molecule has 0 aliphatic carbocycles. The zero-order valence-electron chi connectivity index (χ0n) is 58.9. The number of likely N-dealkylation sites (N-methyl/N-ethyl adjacent to an activating group) is 1. The smallest absolute Gasteiger partial charge is 0.306 e. The molecule has 10 heteroatoms. The standard InChI is InChI=1S/C78H146NO8P/c1-6-8-10-12-14-16-18-20-22-24-26-28-30-32-34-35-36-37-38-39-40-41-42-43-45-47-49-51-53-55-57-59-61-63-65-67-69-71-78(81)87-76(75-86-88(82,83)85-73-72-79(3,4)5)74-84-77(80)70-68-66-64-62-60-58-56-54-52-50-48-46-44-33-31-29-27-25-23-21-19-17-15-13-11-9-7-2/h18-21,24-27,30,32,76H,6-17,22-23,28-29,31,33-75H2,1-5H3/b20-18-,21-19-,26-24-,27-25-,32-30-. The normalized spacial score (nSPS) is 13.4. The second-order valence-corrected chi connectivity index (χ2v) is 28.4. The van der Waals surface area contributed by atoms with Gasteiger partial charge in [-0.05, 0) is 83.5 Å². The quantitative estimate of drug-likeness (QED) is 0.0195. The number of hydrogen-bond acceptors (Lipinski definition) is 8. The fourth-order valence-electron chi connectivity index (χ4n) is 11.2. The van der Waals surface area contributed by atoms with Gasteiger partial charge in [0.2, 0.25) is 0 Å². The molecule has 0 rings (SSSR count). The lowest BCUT2D eigenvalue weighted by molar-refractivity contribution is -0.870. The summed E-state index contributed by atoms with van der Waals surface area (Å²) < 4.78 is 34.4. The first-order valence-corrected chi connectivity index (χ1v) is 39.5. The summed E-state index contributed by atoms with van der Waals surface area (Å²) in [5.41, 5.74) is 0. The highest BCUT2D eigenvalue weighted by molar-refractivity contribution is 7.45. The Balaban J connectivity index is 3.95. The van der Waals surface area contributed by atoms with Crippen LogP contribution in [-0.4, -0.2) is 70.0 Å². The van der Waals surface area contributed by atoms with Gasteiger partial charge in [0.15, 0.2) is 6.10 Å². The van der Waals surface area contributed by atoms with Crippen molar-refractivity contribution in [2.45, 2.75) is 380 Å². The summed E-state index contributed by atoms with van der Waals surface area (Å²) in [6, 6.07) is 0. The average molecular weight is 1260 g/mol. The van der Waals surface area contributed by atoms with Crippen LogP contribution in [-0.2, 0) is 32.7 Å². The van der Waals surface area contributed by atoms with Gasteiger partial charge >= 0.3 is 11.9 Å². The maximum absolute atomic E-state index is 12.9. The summed E-state index contributed by atoms with van der Waals surface area (Å²) >= 11 is 0. The maximum Gasteiger partial charge on any atom is 0.306 e. The Morgan fingerprint density at radius 1 is 0.352 bits per heavy atom. The highest BCUT2D eigenvalue weighted by atomic mass is 31.2. The summed E-state index contributed by atoms with van der Waals surface area (Å²) in [5, 5.41) is 0. The van der Waals surface area contributed by atoms with E-state index >= 15 is 0 Å². The number of phosphoric acid groups is 1. The molecule has 9 nitrogen and oxygen atoms in total. The maximum atomic E-state index is 12.9. The van der Waals surface area contributed by atoms with Crippen LogP contribution in [0.2, 0.25) is 0 Å². The van der Waals surface area contributed by atoms with Crippen molar-refractivity contribution in [2.24, 2.45) is 0 Å². The van der Waals surface area contributed by atoms with Crippen molar-refractivity contribution in [3.8, 4) is 0 Å². The largest absolute Gasteiger partial charge is 0.756 e. The zero-order chi connectivity index (χ0) is 64.1. The van der Waals surface area contributed by atoms with E-state index in [1.54, 1.807) is 0 Å². The summed E-state index contributed by atoms with van der Waals surface area (Å²) in [5.74, 6) is -0.814. The number of hydrogen-bond donors (Lipinski definition) is 0. The predicted octanol–water partition coefficient (Wildman–Crippen LogP) is 24.3. The van der Waals surface area contributed by atoms with Gasteiger partial charge < -0.3 is 27.9 Å². The lowest BCUT2D eigenvalue weighted by Crippen LogP contribution is -2.37. The topological polar surface area (TPSA) is 111 Å². The van der Waals surface area contributed by atoms with E-state index in [1.807, 2.05) is 21.1 Å². The first kappa shape index (κ1) is 85.7. The van der Waals surface area contributed by atoms with Crippen LogP contribution in [0.15, 0.2) is 60.8 Å². The van der Waals surface area contributed by atoms with Crippen LogP contribution >= 0.6 is 7.82 Å². The van der Waals surface area contributed by atoms with Crippen LogP contribution in [0.5, 0.6) is 0 Å². The van der Waals surface area contributed by atoms with Gasteiger partial charge in [0, 0.05) is 12.8 Å². The van der Waals surface area contributed by atoms with E-state index in [-0.39, 0.29) is 32.0 Å². The Kier molecular flexibility index (Phi) is 67.3. The number of allylic oxidation sites excluding steroid dienone is 10. The van der Waals surface area contributed by atoms with Crippen LogP contribution in [0.3, 0.4) is 0 Å². The van der Waals surface area contributed by atoms with Crippen molar-refractivity contribution in [1.29, 1.82) is 0 Å². The van der Waals surface area contributed by atoms with Gasteiger partial charge in [-0.15, -0.1) is 0 Å². The molecule has 0 aromatic heterocycles. The van der Waals surface area contributed by atoms with Crippen LogP contribution in [0.25, 0.3) is 0 Å². The summed E-state index contributed by atoms with van der Waals surface area (Å²) in [6.07, 6.45) is 91.8. The van der Waals surface area contributed by atoms with Gasteiger partial charge in [-0.2, -0.15) is 0 Å². The Morgan fingerprint density at radius 3 is 0.909 bits per heavy atom. The number of rotatable bonds is 71. The average Bonchev–Trinajstić information content (AvgIpc) is 3.68. The lowest BCUT2D eigenvalue weighted by atomic mass is 10.0. The predicted molar refractivity (Wildman–Crippen MR) is 379 cm³/mol. The van der Waals surface area contributed by atoms with E-state index in [1.165, 1.54) is 289 Å². The molecule has 0 saturated heterocycles. The van der Waals surface area contributed by atoms with Gasteiger partial charge in [-0.1, -0.05) is 338 Å². The Labute approximate surface area is 546 Å². The Bertz CT molecular complexity index is 1670. The van der Waals surface area contributed by atoms with Gasteiger partial charge in [0.05, 0.1) is 27.7 Å². The van der Waals surface area contributed by atoms with Crippen molar-refractivity contribution >= 4 is 19.8 Å². The minimum absolute atomic E-state index is 0.0293. The van der Waals surface area contributed by atoms with E-state index in [4.69, 9.17) is 18.5 Å². The van der Waals surface area contributed by atoms with Crippen molar-refractivity contribution in [3.63, 3.8) is 0 Å². The van der Waals surface area contributed by atoms with Crippen molar-refractivity contribution in [3.05, 3.63) is 60.8 Å². The SMILES string of the molecule is CCCCCCC/C=C\C/C=C\C/C=C\CCCCCCCCCCCCCCCCCCCCCCCCC(=O)OC(COC(=O)CCCCCCCCCCCCCCCCC/C=C\C/C=C\CCCCCCC)COP(=O)([O-])OCC[N+](C)(C)C.